The van der Waals surface area contributed by atoms with E-state index in [1.807, 2.05) is 25.2 Å². The van der Waals surface area contributed by atoms with E-state index in [1.54, 1.807) is 7.11 Å². The van der Waals surface area contributed by atoms with Gasteiger partial charge in [0.05, 0.1) is 7.11 Å². The Labute approximate surface area is 156 Å². The smallest absolute Gasteiger partial charge is 0.191 e. The number of aliphatic imine (C=N–C) groups is 1. The van der Waals surface area contributed by atoms with Crippen molar-refractivity contribution in [3.63, 3.8) is 0 Å². The number of anilines is 1. The van der Waals surface area contributed by atoms with E-state index in [2.05, 4.69) is 56.9 Å². The predicted octanol–water partition coefficient (Wildman–Crippen LogP) is 2.89. The molecule has 0 radical (unpaired) electrons. The van der Waals surface area contributed by atoms with Crippen LogP contribution in [-0.4, -0.2) is 39.8 Å². The molecular weight excluding hydrogens is 324 g/mol. The van der Waals surface area contributed by atoms with E-state index in [-0.39, 0.29) is 0 Å². The third kappa shape index (κ3) is 4.69. The molecule has 5 heteroatoms. The van der Waals surface area contributed by atoms with Crippen molar-refractivity contribution in [3.05, 3.63) is 60.2 Å². The second-order valence-corrected chi connectivity index (χ2v) is 6.55. The maximum Gasteiger partial charge on any atom is 0.191 e. The average Bonchev–Trinajstić information content (AvgIpc) is 3.18. The maximum absolute atomic E-state index is 5.40. The molecule has 0 bridgehead atoms. The van der Waals surface area contributed by atoms with Crippen LogP contribution in [0.25, 0.3) is 0 Å². The van der Waals surface area contributed by atoms with Crippen LogP contribution in [0.5, 0.6) is 5.75 Å². The average molecular weight is 352 g/mol. The van der Waals surface area contributed by atoms with Crippen LogP contribution in [0.15, 0.2) is 59.6 Å². The lowest BCUT2D eigenvalue weighted by molar-refractivity contribution is 0.409. The van der Waals surface area contributed by atoms with Gasteiger partial charge in [-0.1, -0.05) is 36.4 Å². The van der Waals surface area contributed by atoms with Crippen LogP contribution in [0.2, 0.25) is 0 Å². The van der Waals surface area contributed by atoms with Gasteiger partial charge in [0, 0.05) is 44.5 Å². The van der Waals surface area contributed by atoms with Crippen LogP contribution < -0.4 is 20.3 Å². The van der Waals surface area contributed by atoms with Crippen molar-refractivity contribution < 1.29 is 4.74 Å². The van der Waals surface area contributed by atoms with Crippen LogP contribution in [-0.2, 0) is 6.54 Å². The Morgan fingerprint density at radius 1 is 1.12 bits per heavy atom. The second kappa shape index (κ2) is 9.13. The van der Waals surface area contributed by atoms with E-state index in [0.29, 0.717) is 12.5 Å². The van der Waals surface area contributed by atoms with Gasteiger partial charge in [-0.25, -0.2) is 0 Å². The Hall–Kier alpha value is -2.69. The summed E-state index contributed by atoms with van der Waals surface area (Å²) in [6.45, 7) is 3.81. The molecule has 1 aliphatic rings. The summed E-state index contributed by atoms with van der Waals surface area (Å²) in [7, 11) is 3.51. The molecule has 1 atom stereocenters. The first-order valence-corrected chi connectivity index (χ1v) is 9.16. The van der Waals surface area contributed by atoms with Crippen molar-refractivity contribution in [2.24, 2.45) is 10.9 Å². The lowest BCUT2D eigenvalue weighted by Gasteiger charge is -2.19. The summed E-state index contributed by atoms with van der Waals surface area (Å²) in [6, 6.07) is 18.7. The fourth-order valence-electron chi connectivity index (χ4n) is 3.36. The molecular formula is C21H28N4O. The Kier molecular flexibility index (Phi) is 6.36. The molecule has 3 rings (SSSR count). The first-order valence-electron chi connectivity index (χ1n) is 9.16. The number of methoxy groups -OCH3 is 1. The zero-order valence-corrected chi connectivity index (χ0v) is 15.6. The van der Waals surface area contributed by atoms with Crippen LogP contribution in [0, 0.1) is 5.92 Å². The third-order valence-corrected chi connectivity index (χ3v) is 4.83. The Morgan fingerprint density at radius 3 is 2.65 bits per heavy atom. The van der Waals surface area contributed by atoms with Gasteiger partial charge in [0.1, 0.15) is 5.75 Å². The topological polar surface area (TPSA) is 48.9 Å². The number of benzene rings is 2. The van der Waals surface area contributed by atoms with Gasteiger partial charge in [-0.2, -0.15) is 0 Å². The van der Waals surface area contributed by atoms with Crippen LogP contribution in [0.1, 0.15) is 12.0 Å². The minimum Gasteiger partial charge on any atom is -0.496 e. The standard InChI is InChI=1S/C21H28N4O/c1-22-21(24-15-18-8-6-7-11-20(18)26-2)23-14-17-12-13-25(16-17)19-9-4-3-5-10-19/h3-11,17H,12-16H2,1-2H3,(H2,22,23,24). The molecule has 0 amide bonds. The van der Waals surface area contributed by atoms with Gasteiger partial charge < -0.3 is 20.3 Å². The minimum atomic E-state index is 0.625. The van der Waals surface area contributed by atoms with Crippen molar-refractivity contribution >= 4 is 11.6 Å². The van der Waals surface area contributed by atoms with E-state index >= 15 is 0 Å². The lowest BCUT2D eigenvalue weighted by atomic mass is 10.1. The molecule has 0 aliphatic carbocycles. The summed E-state index contributed by atoms with van der Waals surface area (Å²) >= 11 is 0. The van der Waals surface area contributed by atoms with Crippen LogP contribution >= 0.6 is 0 Å². The van der Waals surface area contributed by atoms with Crippen molar-refractivity contribution in [2.45, 2.75) is 13.0 Å². The molecule has 1 saturated heterocycles. The van der Waals surface area contributed by atoms with E-state index in [4.69, 9.17) is 4.74 Å². The number of guanidine groups is 1. The van der Waals surface area contributed by atoms with Gasteiger partial charge in [0.15, 0.2) is 5.96 Å². The fourth-order valence-corrected chi connectivity index (χ4v) is 3.36. The number of hydrogen-bond acceptors (Lipinski definition) is 3. The van der Waals surface area contributed by atoms with Gasteiger partial charge >= 0.3 is 0 Å². The molecule has 2 aromatic carbocycles. The number of rotatable bonds is 6. The highest BCUT2D eigenvalue weighted by atomic mass is 16.5. The van der Waals surface area contributed by atoms with Gasteiger partial charge in [0.2, 0.25) is 0 Å². The van der Waals surface area contributed by atoms with E-state index in [0.717, 1.165) is 36.9 Å². The summed E-state index contributed by atoms with van der Waals surface area (Å²) in [5.74, 6) is 2.35. The van der Waals surface area contributed by atoms with Crippen molar-refractivity contribution in [2.75, 3.05) is 38.7 Å². The van der Waals surface area contributed by atoms with Crippen molar-refractivity contribution in [1.82, 2.24) is 10.6 Å². The molecule has 2 aromatic rings. The summed E-state index contributed by atoms with van der Waals surface area (Å²) in [4.78, 5) is 6.79. The molecule has 5 nitrogen and oxygen atoms in total. The number of para-hydroxylation sites is 2. The number of hydrogen-bond donors (Lipinski definition) is 2. The summed E-state index contributed by atoms with van der Waals surface area (Å²) in [5, 5.41) is 6.84. The molecule has 0 spiro atoms. The zero-order chi connectivity index (χ0) is 18.2. The molecule has 1 fully saturated rings. The molecule has 138 valence electrons. The van der Waals surface area contributed by atoms with Gasteiger partial charge in [-0.15, -0.1) is 0 Å². The van der Waals surface area contributed by atoms with Gasteiger partial charge in [-0.05, 0) is 30.5 Å². The summed E-state index contributed by atoms with van der Waals surface area (Å²) in [5.41, 5.74) is 2.43. The lowest BCUT2D eigenvalue weighted by Crippen LogP contribution is -2.40. The highest BCUT2D eigenvalue weighted by Gasteiger charge is 2.22. The van der Waals surface area contributed by atoms with Gasteiger partial charge in [0.25, 0.3) is 0 Å². The first kappa shape index (κ1) is 18.1. The predicted molar refractivity (Wildman–Crippen MR) is 108 cm³/mol. The highest BCUT2D eigenvalue weighted by Crippen LogP contribution is 2.23. The quantitative estimate of drug-likeness (QED) is 0.620. The van der Waals surface area contributed by atoms with Crippen molar-refractivity contribution in [3.8, 4) is 5.75 Å². The second-order valence-electron chi connectivity index (χ2n) is 6.55. The zero-order valence-electron chi connectivity index (χ0n) is 15.6. The highest BCUT2D eigenvalue weighted by molar-refractivity contribution is 5.79. The SMILES string of the molecule is CN=C(NCc1ccccc1OC)NCC1CCN(c2ccccc2)C1. The number of nitrogens with one attached hydrogen (secondary N) is 2. The van der Waals surface area contributed by atoms with Crippen LogP contribution in [0.4, 0.5) is 5.69 Å². The van der Waals surface area contributed by atoms with Crippen LogP contribution in [0.3, 0.4) is 0 Å². The Morgan fingerprint density at radius 2 is 1.88 bits per heavy atom. The molecule has 26 heavy (non-hydrogen) atoms. The van der Waals surface area contributed by atoms with Crippen molar-refractivity contribution in [1.29, 1.82) is 0 Å². The molecule has 1 heterocycles. The molecule has 0 saturated carbocycles. The molecule has 1 unspecified atom stereocenters. The Bertz CT molecular complexity index is 717. The number of nitrogens with zero attached hydrogens (tertiary/aromatic N) is 2. The third-order valence-electron chi connectivity index (χ3n) is 4.83. The van der Waals surface area contributed by atoms with Gasteiger partial charge in [-0.3, -0.25) is 4.99 Å². The molecule has 0 aromatic heterocycles. The number of ether oxygens (including phenoxy) is 1. The molecule has 1 aliphatic heterocycles. The summed E-state index contributed by atoms with van der Waals surface area (Å²) in [6.07, 6.45) is 1.20. The van der Waals surface area contributed by atoms with E-state index < -0.39 is 0 Å². The maximum atomic E-state index is 5.40. The first-order chi connectivity index (χ1) is 12.8. The largest absolute Gasteiger partial charge is 0.496 e. The summed E-state index contributed by atoms with van der Waals surface area (Å²) < 4.78 is 5.40. The molecule has 2 N–H and O–H groups in total. The van der Waals surface area contributed by atoms with E-state index in [9.17, 15) is 0 Å². The minimum absolute atomic E-state index is 0.625. The normalized spacial score (nSPS) is 17.2. The van der Waals surface area contributed by atoms with E-state index in [1.165, 1.54) is 12.1 Å². The fraction of sp³-hybridized carbons (Fsp3) is 0.381. The Balaban J connectivity index is 1.46. The monoisotopic (exact) mass is 352 g/mol.